The summed E-state index contributed by atoms with van der Waals surface area (Å²) in [4.78, 5) is 6.38. The molecule has 7 nitrogen and oxygen atoms in total. The normalized spacial score (nSPS) is 20.0. The molecule has 0 aromatic carbocycles. The molecule has 114 valence electrons. The topological polar surface area (TPSA) is 61.0 Å². The third-order valence-electron chi connectivity index (χ3n) is 3.81. The van der Waals surface area contributed by atoms with E-state index in [2.05, 4.69) is 33.1 Å². The van der Waals surface area contributed by atoms with Gasteiger partial charge in [-0.3, -0.25) is 14.3 Å². The maximum atomic E-state index is 5.88. The van der Waals surface area contributed by atoms with E-state index >= 15 is 0 Å². The van der Waals surface area contributed by atoms with Crippen LogP contribution in [0.3, 0.4) is 0 Å². The van der Waals surface area contributed by atoms with E-state index in [9.17, 15) is 0 Å². The summed E-state index contributed by atoms with van der Waals surface area (Å²) < 4.78 is 9.79. The minimum absolute atomic E-state index is 0.201. The van der Waals surface area contributed by atoms with Crippen LogP contribution >= 0.6 is 0 Å². The molecule has 1 atom stereocenters. The molecule has 2 aromatic rings. The fourth-order valence-corrected chi connectivity index (χ4v) is 2.74. The Morgan fingerprint density at radius 2 is 2.24 bits per heavy atom. The molecule has 0 N–H and O–H groups in total. The van der Waals surface area contributed by atoms with Crippen LogP contribution in [0.2, 0.25) is 0 Å². The van der Waals surface area contributed by atoms with E-state index in [4.69, 9.17) is 4.74 Å². The lowest BCUT2D eigenvalue weighted by Gasteiger charge is -2.32. The fourth-order valence-electron chi connectivity index (χ4n) is 2.74. The van der Waals surface area contributed by atoms with Crippen molar-refractivity contribution in [3.63, 3.8) is 0 Å². The quantitative estimate of drug-likeness (QED) is 0.802. The number of morpholine rings is 1. The smallest absolute Gasteiger partial charge is 0.137 e. The van der Waals surface area contributed by atoms with Crippen LogP contribution in [0.1, 0.15) is 11.4 Å². The van der Waals surface area contributed by atoms with Crippen molar-refractivity contribution in [1.82, 2.24) is 29.4 Å². The SMILES string of the molecule is Cc1cc(C)n(CC2CN(CCn3cncn3)CCO2)n1. The highest BCUT2D eigenvalue weighted by atomic mass is 16.5. The summed E-state index contributed by atoms with van der Waals surface area (Å²) in [6.45, 7) is 9.46. The third-order valence-corrected chi connectivity index (χ3v) is 3.81. The van der Waals surface area contributed by atoms with Gasteiger partial charge in [0.25, 0.3) is 0 Å². The molecule has 0 aliphatic carbocycles. The van der Waals surface area contributed by atoms with E-state index in [1.807, 2.05) is 16.3 Å². The van der Waals surface area contributed by atoms with Crippen molar-refractivity contribution in [3.05, 3.63) is 30.1 Å². The van der Waals surface area contributed by atoms with Crippen molar-refractivity contribution >= 4 is 0 Å². The molecule has 0 amide bonds. The Labute approximate surface area is 124 Å². The number of ether oxygens (including phenoxy) is 1. The molecule has 1 fully saturated rings. The minimum Gasteiger partial charge on any atom is -0.374 e. The number of hydrogen-bond acceptors (Lipinski definition) is 5. The van der Waals surface area contributed by atoms with Crippen molar-refractivity contribution in [2.24, 2.45) is 0 Å². The van der Waals surface area contributed by atoms with Gasteiger partial charge < -0.3 is 4.74 Å². The first-order chi connectivity index (χ1) is 10.2. The van der Waals surface area contributed by atoms with Crippen LogP contribution in [0.15, 0.2) is 18.7 Å². The molecule has 2 aromatic heterocycles. The fraction of sp³-hybridized carbons (Fsp3) is 0.643. The highest BCUT2D eigenvalue weighted by molar-refractivity contribution is 5.06. The number of aryl methyl sites for hydroxylation is 2. The summed E-state index contributed by atoms with van der Waals surface area (Å²) in [6.07, 6.45) is 3.53. The lowest BCUT2D eigenvalue weighted by molar-refractivity contribution is -0.0387. The van der Waals surface area contributed by atoms with Crippen LogP contribution < -0.4 is 0 Å². The van der Waals surface area contributed by atoms with E-state index in [1.165, 1.54) is 5.69 Å². The minimum atomic E-state index is 0.201. The number of nitrogens with zero attached hydrogens (tertiary/aromatic N) is 6. The Morgan fingerprint density at radius 1 is 1.33 bits per heavy atom. The standard InChI is InChI=1S/C14H22N6O/c1-12-7-13(2)20(17-12)9-14-8-18(5-6-21-14)3-4-19-11-15-10-16-19/h7,10-11,14H,3-6,8-9H2,1-2H3. The number of rotatable bonds is 5. The lowest BCUT2D eigenvalue weighted by Crippen LogP contribution is -2.45. The molecule has 0 radical (unpaired) electrons. The van der Waals surface area contributed by atoms with E-state index in [1.54, 1.807) is 12.7 Å². The first-order valence-electron chi connectivity index (χ1n) is 7.38. The Kier molecular flexibility index (Phi) is 4.31. The molecule has 3 heterocycles. The van der Waals surface area contributed by atoms with Gasteiger partial charge in [0.15, 0.2) is 0 Å². The molecule has 1 unspecified atom stereocenters. The van der Waals surface area contributed by atoms with E-state index in [0.29, 0.717) is 0 Å². The highest BCUT2D eigenvalue weighted by Gasteiger charge is 2.21. The molecule has 0 saturated carbocycles. The Bertz CT molecular complexity index is 564. The monoisotopic (exact) mass is 290 g/mol. The first-order valence-corrected chi connectivity index (χ1v) is 7.38. The van der Waals surface area contributed by atoms with Crippen LogP contribution in [-0.4, -0.2) is 61.8 Å². The van der Waals surface area contributed by atoms with Crippen LogP contribution in [0, 0.1) is 13.8 Å². The first kappa shape index (κ1) is 14.2. The number of aromatic nitrogens is 5. The highest BCUT2D eigenvalue weighted by Crippen LogP contribution is 2.10. The van der Waals surface area contributed by atoms with Crippen molar-refractivity contribution < 1.29 is 4.74 Å². The van der Waals surface area contributed by atoms with Gasteiger partial charge in [0, 0.05) is 25.3 Å². The summed E-state index contributed by atoms with van der Waals surface area (Å²) in [5, 5.41) is 8.65. The maximum Gasteiger partial charge on any atom is 0.137 e. The summed E-state index contributed by atoms with van der Waals surface area (Å²) in [5.41, 5.74) is 2.25. The molecule has 1 aliphatic rings. The second kappa shape index (κ2) is 6.36. The van der Waals surface area contributed by atoms with Crippen molar-refractivity contribution in [1.29, 1.82) is 0 Å². The van der Waals surface area contributed by atoms with Crippen LogP contribution in [0.5, 0.6) is 0 Å². The zero-order valence-corrected chi connectivity index (χ0v) is 12.6. The molecule has 1 aliphatic heterocycles. The van der Waals surface area contributed by atoms with Gasteiger partial charge in [-0.1, -0.05) is 0 Å². The Balaban J connectivity index is 1.52. The average molecular weight is 290 g/mol. The van der Waals surface area contributed by atoms with Crippen LogP contribution in [-0.2, 0) is 17.8 Å². The van der Waals surface area contributed by atoms with Gasteiger partial charge in [-0.05, 0) is 19.9 Å². The second-order valence-corrected chi connectivity index (χ2v) is 5.56. The van der Waals surface area contributed by atoms with E-state index in [-0.39, 0.29) is 6.10 Å². The third kappa shape index (κ3) is 3.68. The summed E-state index contributed by atoms with van der Waals surface area (Å²) in [7, 11) is 0. The molecular weight excluding hydrogens is 268 g/mol. The van der Waals surface area contributed by atoms with Gasteiger partial charge >= 0.3 is 0 Å². The van der Waals surface area contributed by atoms with E-state index < -0.39 is 0 Å². The Morgan fingerprint density at radius 3 is 2.95 bits per heavy atom. The molecule has 0 bridgehead atoms. The predicted octanol–water partition coefficient (Wildman–Crippen LogP) is 0.492. The van der Waals surface area contributed by atoms with Crippen LogP contribution in [0.25, 0.3) is 0 Å². The largest absolute Gasteiger partial charge is 0.374 e. The van der Waals surface area contributed by atoms with Gasteiger partial charge in [-0.15, -0.1) is 0 Å². The molecule has 0 spiro atoms. The van der Waals surface area contributed by atoms with Gasteiger partial charge in [-0.25, -0.2) is 4.98 Å². The summed E-state index contributed by atoms with van der Waals surface area (Å²) in [5.74, 6) is 0. The Hall–Kier alpha value is -1.73. The second-order valence-electron chi connectivity index (χ2n) is 5.56. The van der Waals surface area contributed by atoms with Crippen LogP contribution in [0.4, 0.5) is 0 Å². The average Bonchev–Trinajstić information content (AvgIpc) is 3.07. The zero-order valence-electron chi connectivity index (χ0n) is 12.6. The lowest BCUT2D eigenvalue weighted by atomic mass is 10.2. The predicted molar refractivity (Wildman–Crippen MR) is 77.9 cm³/mol. The summed E-state index contributed by atoms with van der Waals surface area (Å²) >= 11 is 0. The van der Waals surface area contributed by atoms with Crippen molar-refractivity contribution in [2.75, 3.05) is 26.2 Å². The maximum absolute atomic E-state index is 5.88. The molecular formula is C14H22N6O. The number of hydrogen-bond donors (Lipinski definition) is 0. The van der Waals surface area contributed by atoms with Crippen molar-refractivity contribution in [2.45, 2.75) is 33.0 Å². The summed E-state index contributed by atoms with van der Waals surface area (Å²) in [6, 6.07) is 2.10. The zero-order chi connectivity index (χ0) is 14.7. The van der Waals surface area contributed by atoms with Gasteiger partial charge in [0.2, 0.25) is 0 Å². The molecule has 21 heavy (non-hydrogen) atoms. The molecule has 7 heteroatoms. The van der Waals surface area contributed by atoms with Crippen molar-refractivity contribution in [3.8, 4) is 0 Å². The molecule has 1 saturated heterocycles. The van der Waals surface area contributed by atoms with Gasteiger partial charge in [0.1, 0.15) is 12.7 Å². The van der Waals surface area contributed by atoms with Gasteiger partial charge in [0.05, 0.1) is 31.5 Å². The van der Waals surface area contributed by atoms with E-state index in [0.717, 1.165) is 45.0 Å². The molecule has 3 rings (SSSR count). The van der Waals surface area contributed by atoms with Gasteiger partial charge in [-0.2, -0.15) is 10.2 Å².